The predicted molar refractivity (Wildman–Crippen MR) is 131 cm³/mol. The molecule has 2 amide bonds. The maximum absolute atomic E-state index is 12.8. The summed E-state index contributed by atoms with van der Waals surface area (Å²) in [6, 6.07) is 15.5. The molecular formula is C24H30N6O2S. The molecule has 3 aromatic rings. The van der Waals surface area contributed by atoms with E-state index in [9.17, 15) is 9.59 Å². The van der Waals surface area contributed by atoms with Crippen LogP contribution < -0.4 is 10.6 Å². The molecule has 174 valence electrons. The molecule has 2 aromatic carbocycles. The minimum atomic E-state index is -0.188. The highest BCUT2D eigenvalue weighted by Gasteiger charge is 2.12. The van der Waals surface area contributed by atoms with Crippen molar-refractivity contribution in [2.24, 2.45) is 7.05 Å². The largest absolute Gasteiger partial charge is 0.348 e. The van der Waals surface area contributed by atoms with Crippen LogP contribution in [-0.2, 0) is 24.9 Å². The van der Waals surface area contributed by atoms with Gasteiger partial charge in [-0.3, -0.25) is 14.5 Å². The Morgan fingerprint density at radius 2 is 1.88 bits per heavy atom. The molecule has 0 spiro atoms. The van der Waals surface area contributed by atoms with Crippen molar-refractivity contribution in [3.63, 3.8) is 0 Å². The number of carbonyl (C=O) groups is 2. The van der Waals surface area contributed by atoms with E-state index in [2.05, 4.69) is 52.7 Å². The van der Waals surface area contributed by atoms with Crippen molar-refractivity contribution in [1.82, 2.24) is 25.0 Å². The Labute approximate surface area is 198 Å². The van der Waals surface area contributed by atoms with Crippen molar-refractivity contribution in [3.05, 3.63) is 71.5 Å². The van der Waals surface area contributed by atoms with Gasteiger partial charge in [0.15, 0.2) is 5.16 Å². The second-order valence-electron chi connectivity index (χ2n) is 8.10. The first-order chi connectivity index (χ1) is 15.8. The molecule has 0 saturated heterocycles. The van der Waals surface area contributed by atoms with Gasteiger partial charge >= 0.3 is 0 Å². The van der Waals surface area contributed by atoms with Crippen LogP contribution in [0.2, 0.25) is 0 Å². The summed E-state index contributed by atoms with van der Waals surface area (Å²) in [5.74, 6) is -0.166. The van der Waals surface area contributed by atoms with E-state index in [1.165, 1.54) is 17.3 Å². The second-order valence-corrected chi connectivity index (χ2v) is 9.04. The van der Waals surface area contributed by atoms with Gasteiger partial charge in [0, 0.05) is 37.4 Å². The SMILES string of the molecule is CC(C)N(C)Cc1ccccc1CNC(=O)c1cccc(NC(=O)CSc2nncn2C)c1. The van der Waals surface area contributed by atoms with Crippen LogP contribution in [0.4, 0.5) is 5.69 Å². The van der Waals surface area contributed by atoms with Crippen molar-refractivity contribution >= 4 is 29.3 Å². The number of hydrogen-bond donors (Lipinski definition) is 2. The number of benzene rings is 2. The Kier molecular flexibility index (Phi) is 8.62. The lowest BCUT2D eigenvalue weighted by Gasteiger charge is -2.22. The normalized spacial score (nSPS) is 11.1. The predicted octanol–water partition coefficient (Wildman–Crippen LogP) is 3.32. The summed E-state index contributed by atoms with van der Waals surface area (Å²) in [5.41, 5.74) is 3.34. The number of anilines is 1. The third-order valence-electron chi connectivity index (χ3n) is 5.27. The molecule has 0 aliphatic rings. The van der Waals surface area contributed by atoms with Gasteiger partial charge in [0.25, 0.3) is 5.91 Å². The van der Waals surface area contributed by atoms with Gasteiger partial charge in [-0.1, -0.05) is 42.1 Å². The number of aryl methyl sites for hydroxylation is 1. The van der Waals surface area contributed by atoms with Gasteiger partial charge in [-0.2, -0.15) is 0 Å². The summed E-state index contributed by atoms with van der Waals surface area (Å²) < 4.78 is 1.75. The van der Waals surface area contributed by atoms with Crippen LogP contribution in [0.5, 0.6) is 0 Å². The van der Waals surface area contributed by atoms with Gasteiger partial charge in [0.05, 0.1) is 5.75 Å². The highest BCUT2D eigenvalue weighted by Crippen LogP contribution is 2.16. The number of hydrogen-bond acceptors (Lipinski definition) is 6. The third kappa shape index (κ3) is 7.16. The topological polar surface area (TPSA) is 92.2 Å². The van der Waals surface area contributed by atoms with Gasteiger partial charge in [0.1, 0.15) is 6.33 Å². The number of aromatic nitrogens is 3. The Morgan fingerprint density at radius 1 is 1.12 bits per heavy atom. The lowest BCUT2D eigenvalue weighted by Crippen LogP contribution is -2.27. The quantitative estimate of drug-likeness (QED) is 0.446. The molecule has 33 heavy (non-hydrogen) atoms. The summed E-state index contributed by atoms with van der Waals surface area (Å²) in [4.78, 5) is 27.3. The van der Waals surface area contributed by atoms with E-state index in [1.807, 2.05) is 25.2 Å². The standard InChI is InChI=1S/C24H30N6O2S/c1-17(2)29(3)14-20-9-6-5-8-19(20)13-25-23(32)18-10-7-11-21(12-18)27-22(31)15-33-24-28-26-16-30(24)4/h5-12,16-17H,13-15H2,1-4H3,(H,25,32)(H,27,31). The van der Waals surface area contributed by atoms with E-state index in [4.69, 9.17) is 0 Å². The van der Waals surface area contributed by atoms with Crippen molar-refractivity contribution in [2.75, 3.05) is 18.1 Å². The number of rotatable bonds is 10. The van der Waals surface area contributed by atoms with Crippen LogP contribution in [0.25, 0.3) is 0 Å². The number of amides is 2. The van der Waals surface area contributed by atoms with Crippen LogP contribution in [-0.4, -0.2) is 50.3 Å². The Morgan fingerprint density at radius 3 is 2.58 bits per heavy atom. The van der Waals surface area contributed by atoms with Crippen molar-refractivity contribution < 1.29 is 9.59 Å². The summed E-state index contributed by atoms with van der Waals surface area (Å²) in [7, 11) is 3.91. The smallest absolute Gasteiger partial charge is 0.251 e. The molecule has 1 aromatic heterocycles. The van der Waals surface area contributed by atoms with Crippen LogP contribution in [0.3, 0.4) is 0 Å². The fraction of sp³-hybridized carbons (Fsp3) is 0.333. The Bertz CT molecular complexity index is 1100. The van der Waals surface area contributed by atoms with E-state index in [0.717, 1.165) is 12.1 Å². The molecule has 0 saturated carbocycles. The maximum Gasteiger partial charge on any atom is 0.251 e. The van der Waals surface area contributed by atoms with Gasteiger partial charge in [0.2, 0.25) is 5.91 Å². The zero-order valence-corrected chi connectivity index (χ0v) is 20.2. The van der Waals surface area contributed by atoms with E-state index in [1.54, 1.807) is 35.2 Å². The molecule has 1 heterocycles. The molecular weight excluding hydrogens is 436 g/mol. The molecule has 0 bridgehead atoms. The van der Waals surface area contributed by atoms with E-state index >= 15 is 0 Å². The first-order valence-corrected chi connectivity index (χ1v) is 11.7. The summed E-state index contributed by atoms with van der Waals surface area (Å²) in [5, 5.41) is 14.2. The number of carbonyl (C=O) groups excluding carboxylic acids is 2. The maximum atomic E-state index is 12.8. The monoisotopic (exact) mass is 466 g/mol. The second kappa shape index (κ2) is 11.6. The van der Waals surface area contributed by atoms with Crippen LogP contribution in [0, 0.1) is 0 Å². The Hall–Kier alpha value is -3.17. The molecule has 3 rings (SSSR count). The van der Waals surface area contributed by atoms with Crippen LogP contribution >= 0.6 is 11.8 Å². The van der Waals surface area contributed by atoms with Crippen LogP contribution in [0.1, 0.15) is 35.3 Å². The highest BCUT2D eigenvalue weighted by molar-refractivity contribution is 7.99. The number of thioether (sulfide) groups is 1. The first kappa shape index (κ1) is 24.5. The van der Waals surface area contributed by atoms with Gasteiger partial charge in [-0.25, -0.2) is 0 Å². The molecule has 0 unspecified atom stereocenters. The molecule has 2 N–H and O–H groups in total. The average molecular weight is 467 g/mol. The minimum absolute atomic E-state index is 0.177. The zero-order chi connectivity index (χ0) is 23.8. The first-order valence-electron chi connectivity index (χ1n) is 10.8. The van der Waals surface area contributed by atoms with E-state index < -0.39 is 0 Å². The summed E-state index contributed by atoms with van der Waals surface area (Å²) in [6.45, 7) is 5.57. The summed E-state index contributed by atoms with van der Waals surface area (Å²) >= 11 is 1.30. The number of nitrogens with zero attached hydrogens (tertiary/aromatic N) is 4. The lowest BCUT2D eigenvalue weighted by molar-refractivity contribution is -0.113. The molecule has 0 aliphatic carbocycles. The molecule has 0 atom stereocenters. The molecule has 0 aliphatic heterocycles. The summed E-state index contributed by atoms with van der Waals surface area (Å²) in [6.07, 6.45) is 1.59. The van der Waals surface area contributed by atoms with E-state index in [0.29, 0.717) is 29.0 Å². The molecule has 0 fully saturated rings. The van der Waals surface area contributed by atoms with E-state index in [-0.39, 0.29) is 17.6 Å². The third-order valence-corrected chi connectivity index (χ3v) is 6.30. The molecule has 8 nitrogen and oxygen atoms in total. The van der Waals surface area contributed by atoms with Gasteiger partial charge in [-0.05, 0) is 50.2 Å². The zero-order valence-electron chi connectivity index (χ0n) is 19.4. The molecule has 9 heteroatoms. The Balaban J connectivity index is 1.57. The highest BCUT2D eigenvalue weighted by atomic mass is 32.2. The number of nitrogens with one attached hydrogen (secondary N) is 2. The van der Waals surface area contributed by atoms with Gasteiger partial charge in [-0.15, -0.1) is 10.2 Å². The fourth-order valence-electron chi connectivity index (χ4n) is 3.08. The van der Waals surface area contributed by atoms with Crippen molar-refractivity contribution in [2.45, 2.75) is 38.1 Å². The van der Waals surface area contributed by atoms with Crippen molar-refractivity contribution in [3.8, 4) is 0 Å². The van der Waals surface area contributed by atoms with Crippen molar-refractivity contribution in [1.29, 1.82) is 0 Å². The fourth-order valence-corrected chi connectivity index (χ4v) is 3.77. The minimum Gasteiger partial charge on any atom is -0.348 e. The van der Waals surface area contributed by atoms with Gasteiger partial charge < -0.3 is 15.2 Å². The van der Waals surface area contributed by atoms with Crippen LogP contribution in [0.15, 0.2) is 60.0 Å². The lowest BCUT2D eigenvalue weighted by atomic mass is 10.1. The average Bonchev–Trinajstić information content (AvgIpc) is 3.21. The molecule has 0 radical (unpaired) electrons.